The van der Waals surface area contributed by atoms with Crippen molar-refractivity contribution >= 4 is 0 Å². The van der Waals surface area contributed by atoms with Gasteiger partial charge in [0.25, 0.3) is 0 Å². The average molecular weight is 163 g/mol. The fraction of sp³-hybridized carbons (Fsp3) is 0.818. The third kappa shape index (κ3) is 0.957. The zero-order chi connectivity index (χ0) is 7.97. The molecule has 3 rings (SSSR count). The van der Waals surface area contributed by atoms with Gasteiger partial charge in [0.05, 0.1) is 6.04 Å². The van der Waals surface area contributed by atoms with Gasteiger partial charge in [0.1, 0.15) is 0 Å². The first kappa shape index (κ1) is 7.14. The van der Waals surface area contributed by atoms with E-state index in [1.54, 1.807) is 0 Å². The Kier molecular flexibility index (Phi) is 1.54. The van der Waals surface area contributed by atoms with Crippen molar-refractivity contribution in [2.24, 2.45) is 0 Å². The van der Waals surface area contributed by atoms with Gasteiger partial charge in [0.15, 0.2) is 0 Å². The number of piperidine rings is 1. The normalized spacial score (nSPS) is 31.0. The zero-order valence-electron chi connectivity index (χ0n) is 7.68. The Morgan fingerprint density at radius 2 is 1.50 bits per heavy atom. The van der Waals surface area contributed by atoms with Crippen molar-refractivity contribution in [1.82, 2.24) is 4.90 Å². The highest BCUT2D eigenvalue weighted by Gasteiger charge is 2.42. The van der Waals surface area contributed by atoms with Crippen LogP contribution in [0.25, 0.3) is 0 Å². The van der Waals surface area contributed by atoms with E-state index in [0.29, 0.717) is 0 Å². The smallest absolute Gasteiger partial charge is 0.0527 e. The monoisotopic (exact) mass is 163 g/mol. The van der Waals surface area contributed by atoms with Crippen LogP contribution in [0, 0.1) is 0 Å². The molecule has 0 amide bonds. The summed E-state index contributed by atoms with van der Waals surface area (Å²) in [5, 5.41) is 0. The van der Waals surface area contributed by atoms with Crippen LogP contribution in [0.5, 0.6) is 0 Å². The molecule has 1 heteroatoms. The molecule has 0 radical (unpaired) electrons. The van der Waals surface area contributed by atoms with Crippen LogP contribution >= 0.6 is 0 Å². The highest BCUT2D eigenvalue weighted by Crippen LogP contribution is 2.48. The number of hydrogen-bond acceptors (Lipinski definition) is 1. The molecular weight excluding hydrogens is 146 g/mol. The third-order valence-corrected chi connectivity index (χ3v) is 3.64. The van der Waals surface area contributed by atoms with Crippen LogP contribution in [0.15, 0.2) is 11.1 Å². The largest absolute Gasteiger partial charge is 0.293 e. The van der Waals surface area contributed by atoms with E-state index in [0.717, 1.165) is 6.04 Å². The molecule has 1 saturated heterocycles. The fourth-order valence-corrected chi connectivity index (χ4v) is 2.98. The van der Waals surface area contributed by atoms with Crippen LogP contribution in [0.2, 0.25) is 0 Å². The summed E-state index contributed by atoms with van der Waals surface area (Å²) < 4.78 is 0. The molecule has 0 aromatic carbocycles. The van der Waals surface area contributed by atoms with E-state index in [1.165, 1.54) is 51.6 Å². The second-order valence-electron chi connectivity index (χ2n) is 4.40. The van der Waals surface area contributed by atoms with Gasteiger partial charge in [0.2, 0.25) is 0 Å². The standard InChI is InChI=1S/C11H17N/c1-2-7-12(8-3-1)11-9-5-4-6-10(9)11/h11H,1-8H2. The Hall–Kier alpha value is -0.300. The molecule has 0 aromatic rings. The minimum absolute atomic E-state index is 0.888. The highest BCUT2D eigenvalue weighted by molar-refractivity contribution is 5.49. The zero-order valence-corrected chi connectivity index (χ0v) is 7.68. The molecule has 2 aliphatic carbocycles. The van der Waals surface area contributed by atoms with Crippen molar-refractivity contribution in [2.75, 3.05) is 13.1 Å². The van der Waals surface area contributed by atoms with Gasteiger partial charge in [-0.2, -0.15) is 0 Å². The Labute approximate surface area is 74.4 Å². The van der Waals surface area contributed by atoms with Crippen LogP contribution in [0.1, 0.15) is 38.5 Å². The minimum Gasteiger partial charge on any atom is -0.293 e. The second-order valence-corrected chi connectivity index (χ2v) is 4.40. The van der Waals surface area contributed by atoms with Gasteiger partial charge in [0, 0.05) is 0 Å². The lowest BCUT2D eigenvalue weighted by Gasteiger charge is -2.28. The lowest BCUT2D eigenvalue weighted by Crippen LogP contribution is -2.34. The van der Waals surface area contributed by atoms with Crippen molar-refractivity contribution in [2.45, 2.75) is 44.6 Å². The molecular formula is C11H17N. The minimum atomic E-state index is 0.888. The molecule has 3 aliphatic rings. The van der Waals surface area contributed by atoms with Gasteiger partial charge in [-0.25, -0.2) is 0 Å². The molecule has 0 aromatic heterocycles. The van der Waals surface area contributed by atoms with Gasteiger partial charge in [-0.1, -0.05) is 6.42 Å². The molecule has 1 nitrogen and oxygen atoms in total. The molecule has 0 unspecified atom stereocenters. The van der Waals surface area contributed by atoms with E-state index < -0.39 is 0 Å². The van der Waals surface area contributed by atoms with E-state index >= 15 is 0 Å². The van der Waals surface area contributed by atoms with E-state index in [9.17, 15) is 0 Å². The molecule has 0 bridgehead atoms. The average Bonchev–Trinajstić information content (AvgIpc) is 2.62. The summed E-state index contributed by atoms with van der Waals surface area (Å²) >= 11 is 0. The van der Waals surface area contributed by atoms with Gasteiger partial charge in [-0.05, 0) is 56.3 Å². The maximum atomic E-state index is 2.72. The van der Waals surface area contributed by atoms with Crippen LogP contribution in [-0.2, 0) is 0 Å². The van der Waals surface area contributed by atoms with Gasteiger partial charge in [-0.15, -0.1) is 0 Å². The lowest BCUT2D eigenvalue weighted by molar-refractivity contribution is 0.219. The second kappa shape index (κ2) is 2.59. The van der Waals surface area contributed by atoms with Crippen molar-refractivity contribution in [1.29, 1.82) is 0 Å². The first-order valence-electron chi connectivity index (χ1n) is 5.43. The van der Waals surface area contributed by atoms with Crippen molar-refractivity contribution in [3.8, 4) is 0 Å². The molecule has 0 atom stereocenters. The molecule has 0 saturated carbocycles. The topological polar surface area (TPSA) is 3.24 Å². The SMILES string of the molecule is C1CCN(C2C3=C2CCC3)CC1. The molecule has 1 heterocycles. The summed E-state index contributed by atoms with van der Waals surface area (Å²) in [4.78, 5) is 2.72. The summed E-state index contributed by atoms with van der Waals surface area (Å²) in [5.41, 5.74) is 3.66. The fourth-order valence-electron chi connectivity index (χ4n) is 2.98. The summed E-state index contributed by atoms with van der Waals surface area (Å²) in [6.07, 6.45) is 8.66. The van der Waals surface area contributed by atoms with E-state index in [1.807, 2.05) is 11.1 Å². The quantitative estimate of drug-likeness (QED) is 0.536. The van der Waals surface area contributed by atoms with Crippen LogP contribution in [0.3, 0.4) is 0 Å². The van der Waals surface area contributed by atoms with Gasteiger partial charge in [-0.3, -0.25) is 4.90 Å². The summed E-state index contributed by atoms with van der Waals surface area (Å²) in [6, 6.07) is 0.888. The maximum absolute atomic E-state index is 2.72. The number of nitrogens with zero attached hydrogens (tertiary/aromatic N) is 1. The number of rotatable bonds is 1. The molecule has 0 N–H and O–H groups in total. The Balaban J connectivity index is 1.62. The predicted octanol–water partition coefficient (Wildman–Crippen LogP) is 2.33. The molecule has 0 spiro atoms. The van der Waals surface area contributed by atoms with Crippen molar-refractivity contribution in [3.63, 3.8) is 0 Å². The first-order chi connectivity index (χ1) is 5.97. The Morgan fingerprint density at radius 3 is 2.17 bits per heavy atom. The number of likely N-dealkylation sites (tertiary alicyclic amines) is 1. The van der Waals surface area contributed by atoms with E-state index in [2.05, 4.69) is 4.90 Å². The molecule has 1 aliphatic heterocycles. The Bertz CT molecular complexity index is 209. The first-order valence-corrected chi connectivity index (χ1v) is 5.43. The highest BCUT2D eigenvalue weighted by atomic mass is 15.2. The van der Waals surface area contributed by atoms with E-state index in [4.69, 9.17) is 0 Å². The predicted molar refractivity (Wildman–Crippen MR) is 50.1 cm³/mol. The Morgan fingerprint density at radius 1 is 0.833 bits per heavy atom. The number of hydrogen-bond donors (Lipinski definition) is 0. The van der Waals surface area contributed by atoms with Crippen molar-refractivity contribution in [3.05, 3.63) is 11.1 Å². The van der Waals surface area contributed by atoms with Gasteiger partial charge < -0.3 is 0 Å². The summed E-state index contributed by atoms with van der Waals surface area (Å²) in [6.45, 7) is 2.75. The van der Waals surface area contributed by atoms with Crippen LogP contribution in [-0.4, -0.2) is 24.0 Å². The summed E-state index contributed by atoms with van der Waals surface area (Å²) in [7, 11) is 0. The molecule has 1 fully saturated rings. The van der Waals surface area contributed by atoms with Crippen LogP contribution < -0.4 is 0 Å². The van der Waals surface area contributed by atoms with Crippen LogP contribution in [0.4, 0.5) is 0 Å². The third-order valence-electron chi connectivity index (χ3n) is 3.64. The summed E-state index contributed by atoms with van der Waals surface area (Å²) in [5.74, 6) is 0. The van der Waals surface area contributed by atoms with Gasteiger partial charge >= 0.3 is 0 Å². The van der Waals surface area contributed by atoms with Crippen molar-refractivity contribution < 1.29 is 0 Å². The lowest BCUT2D eigenvalue weighted by atomic mass is 10.1. The van der Waals surface area contributed by atoms with E-state index in [-0.39, 0.29) is 0 Å². The maximum Gasteiger partial charge on any atom is 0.0527 e. The molecule has 66 valence electrons. The molecule has 12 heavy (non-hydrogen) atoms.